The molecule has 0 fully saturated rings. The Balaban J connectivity index is -0.000000347. The fraction of sp³-hybridized carbons (Fsp3) is 0.217. The molecule has 32 heavy (non-hydrogen) atoms. The summed E-state index contributed by atoms with van der Waals surface area (Å²) in [6.45, 7) is 2.98. The zero-order valence-electron chi connectivity index (χ0n) is 17.7. The predicted molar refractivity (Wildman–Crippen MR) is 117 cm³/mol. The molecule has 0 atom stereocenters. The molecule has 0 saturated heterocycles. The SMILES string of the molecule is CCCCOc1ccc(C[S+](c2ccccc2)c2ccccc2)cc1.[F-].[F-].[F-].[F-].[F-].[F-].[SbH3]. The first-order chi connectivity index (χ1) is 12.4. The van der Waals surface area contributed by atoms with Crippen LogP contribution in [0, 0.1) is 0 Å². The van der Waals surface area contributed by atoms with Crippen molar-refractivity contribution in [1.82, 2.24) is 0 Å². The number of rotatable bonds is 8. The summed E-state index contributed by atoms with van der Waals surface area (Å²) in [6, 6.07) is 30.2. The van der Waals surface area contributed by atoms with Gasteiger partial charge < -0.3 is 33.0 Å². The molecule has 0 aromatic heterocycles. The standard InChI is InChI=1S/C23H25OS.6FH.Sb.3H/c1-2-3-18-24-21-16-14-20(15-17-21)19-25(22-10-6-4-7-11-22)23-12-8-5-9-13-23;;;;;;;;;;/h4-17H,2-3,18-19H2,1H3;6*1H;;;;/q+1;;;;;;;;;;/p-6. The fourth-order valence-electron chi connectivity index (χ4n) is 2.66. The first-order valence-corrected chi connectivity index (χ1v) is 10.3. The molecule has 3 rings (SSSR count). The molecule has 0 spiro atoms. The molecule has 0 aliphatic rings. The molecule has 0 N–H and O–H groups in total. The van der Waals surface area contributed by atoms with E-state index in [1.165, 1.54) is 15.4 Å². The van der Waals surface area contributed by atoms with Crippen molar-refractivity contribution in [2.24, 2.45) is 0 Å². The van der Waals surface area contributed by atoms with Crippen LogP contribution in [0.25, 0.3) is 0 Å². The third kappa shape index (κ3) is 12.3. The van der Waals surface area contributed by atoms with Gasteiger partial charge in [-0.05, 0) is 42.8 Å². The Bertz CT molecular complexity index is 727. The zero-order valence-corrected chi connectivity index (χ0v) is 22.6. The molecular formula is C23H28F6OSSb-5. The average molecular weight is 588 g/mol. The van der Waals surface area contributed by atoms with Gasteiger partial charge in [0, 0.05) is 5.56 Å². The van der Waals surface area contributed by atoms with E-state index in [9.17, 15) is 0 Å². The van der Waals surface area contributed by atoms with Crippen LogP contribution in [-0.2, 0) is 16.6 Å². The van der Waals surface area contributed by atoms with E-state index in [0.29, 0.717) is 0 Å². The van der Waals surface area contributed by atoms with E-state index in [1.54, 1.807) is 0 Å². The van der Waals surface area contributed by atoms with Crippen molar-refractivity contribution in [3.8, 4) is 5.75 Å². The average Bonchev–Trinajstić information content (AvgIpc) is 2.69. The molecule has 0 unspecified atom stereocenters. The van der Waals surface area contributed by atoms with Gasteiger partial charge in [0.2, 0.25) is 0 Å². The van der Waals surface area contributed by atoms with E-state index in [4.69, 9.17) is 4.74 Å². The van der Waals surface area contributed by atoms with Gasteiger partial charge in [-0.3, -0.25) is 0 Å². The van der Waals surface area contributed by atoms with Gasteiger partial charge >= 0.3 is 24.4 Å². The predicted octanol–water partition coefficient (Wildman–Crippen LogP) is -13.1. The maximum absolute atomic E-state index is 5.78. The number of ether oxygens (including phenoxy) is 1. The first-order valence-electron chi connectivity index (χ1n) is 8.89. The number of benzene rings is 3. The molecule has 1 nitrogen and oxygen atoms in total. The van der Waals surface area contributed by atoms with Crippen LogP contribution in [0.3, 0.4) is 0 Å². The van der Waals surface area contributed by atoms with Crippen LogP contribution in [0.5, 0.6) is 5.75 Å². The van der Waals surface area contributed by atoms with Crippen LogP contribution < -0.4 is 33.0 Å². The minimum atomic E-state index is 0. The summed E-state index contributed by atoms with van der Waals surface area (Å²) in [4.78, 5) is 2.77. The van der Waals surface area contributed by atoms with E-state index < -0.39 is 0 Å². The normalized spacial score (nSPS) is 8.44. The topological polar surface area (TPSA) is 9.23 Å². The van der Waals surface area contributed by atoms with Gasteiger partial charge in [0.15, 0.2) is 9.79 Å². The van der Waals surface area contributed by atoms with Crippen LogP contribution in [0.2, 0.25) is 0 Å². The van der Waals surface area contributed by atoms with Crippen molar-refractivity contribution in [2.75, 3.05) is 6.61 Å². The van der Waals surface area contributed by atoms with Crippen molar-refractivity contribution in [1.29, 1.82) is 0 Å². The summed E-state index contributed by atoms with van der Waals surface area (Å²) in [7, 11) is 0.0436. The maximum atomic E-state index is 5.78. The van der Waals surface area contributed by atoms with Gasteiger partial charge in [-0.15, -0.1) is 0 Å². The van der Waals surface area contributed by atoms with Crippen LogP contribution in [0.4, 0.5) is 0 Å². The number of hydrogen-bond donors (Lipinski definition) is 0. The summed E-state index contributed by atoms with van der Waals surface area (Å²) in [5.41, 5.74) is 1.35. The van der Waals surface area contributed by atoms with Crippen molar-refractivity contribution < 1.29 is 33.0 Å². The van der Waals surface area contributed by atoms with Crippen LogP contribution in [0.15, 0.2) is 94.7 Å². The van der Waals surface area contributed by atoms with Gasteiger partial charge in [0.05, 0.1) is 17.5 Å². The first kappa shape index (κ1) is 40.6. The van der Waals surface area contributed by atoms with Crippen molar-refractivity contribution in [3.05, 3.63) is 90.5 Å². The molecule has 3 aromatic rings. The molecule has 3 aromatic carbocycles. The van der Waals surface area contributed by atoms with Gasteiger partial charge in [0.1, 0.15) is 11.5 Å². The molecular weight excluding hydrogens is 560 g/mol. The molecule has 0 bridgehead atoms. The molecule has 0 radical (unpaired) electrons. The second-order valence-electron chi connectivity index (χ2n) is 6.01. The van der Waals surface area contributed by atoms with E-state index in [0.717, 1.165) is 31.0 Å². The molecule has 0 saturated carbocycles. The monoisotopic (exact) mass is 587 g/mol. The molecule has 0 aliphatic heterocycles. The summed E-state index contributed by atoms with van der Waals surface area (Å²) >= 11 is 0. The Morgan fingerprint density at radius 2 is 1.06 bits per heavy atom. The van der Waals surface area contributed by atoms with Gasteiger partial charge in [-0.1, -0.05) is 61.9 Å². The van der Waals surface area contributed by atoms with Gasteiger partial charge in [0.25, 0.3) is 0 Å². The number of unbranched alkanes of at least 4 members (excludes halogenated alkanes) is 1. The quantitative estimate of drug-likeness (QED) is 0.110. The molecule has 9 heteroatoms. The number of hydrogen-bond acceptors (Lipinski definition) is 1. The van der Waals surface area contributed by atoms with E-state index >= 15 is 0 Å². The third-order valence-corrected chi connectivity index (χ3v) is 6.36. The second-order valence-corrected chi connectivity index (χ2v) is 8.02. The summed E-state index contributed by atoms with van der Waals surface area (Å²) in [6.07, 6.45) is 2.27. The van der Waals surface area contributed by atoms with Crippen LogP contribution in [0.1, 0.15) is 25.3 Å². The molecule has 0 aliphatic carbocycles. The summed E-state index contributed by atoms with van der Waals surface area (Å²) in [5.74, 6) is 1.99. The Labute approximate surface area is 206 Å². The van der Waals surface area contributed by atoms with Crippen molar-refractivity contribution in [3.63, 3.8) is 0 Å². The summed E-state index contributed by atoms with van der Waals surface area (Å²) < 4.78 is 5.78. The minimum absolute atomic E-state index is 0. The third-order valence-electron chi connectivity index (χ3n) is 4.06. The Hall–Kier alpha value is -1.79. The number of halogens is 6. The van der Waals surface area contributed by atoms with Crippen LogP contribution in [-0.4, -0.2) is 31.0 Å². The zero-order chi connectivity index (χ0) is 17.3. The molecule has 0 amide bonds. The van der Waals surface area contributed by atoms with Crippen molar-refractivity contribution >= 4 is 35.3 Å². The fourth-order valence-corrected chi connectivity index (χ4v) is 4.76. The van der Waals surface area contributed by atoms with Crippen LogP contribution >= 0.6 is 0 Å². The van der Waals surface area contributed by atoms with E-state index in [1.807, 2.05) is 0 Å². The second kappa shape index (κ2) is 22.4. The van der Waals surface area contributed by atoms with E-state index in [-0.39, 0.29) is 63.5 Å². The van der Waals surface area contributed by atoms with E-state index in [2.05, 4.69) is 91.9 Å². The Morgan fingerprint density at radius 1 is 0.625 bits per heavy atom. The Morgan fingerprint density at radius 3 is 1.47 bits per heavy atom. The van der Waals surface area contributed by atoms with Gasteiger partial charge in [-0.25, -0.2) is 0 Å². The van der Waals surface area contributed by atoms with Crippen molar-refractivity contribution in [2.45, 2.75) is 35.3 Å². The summed E-state index contributed by atoms with van der Waals surface area (Å²) in [5, 5.41) is 0. The molecule has 184 valence electrons. The molecule has 0 heterocycles. The van der Waals surface area contributed by atoms with Gasteiger partial charge in [-0.2, -0.15) is 0 Å². The Kier molecular flexibility index (Phi) is 28.4.